The highest BCUT2D eigenvalue weighted by Gasteiger charge is 2.11. The van der Waals surface area contributed by atoms with Gasteiger partial charge >= 0.3 is 6.03 Å². The number of benzene rings is 3. The summed E-state index contributed by atoms with van der Waals surface area (Å²) in [6.07, 6.45) is 0. The van der Waals surface area contributed by atoms with Crippen LogP contribution in [0, 0.1) is 13.8 Å². The van der Waals surface area contributed by atoms with Gasteiger partial charge in [-0.15, -0.1) is 0 Å². The summed E-state index contributed by atoms with van der Waals surface area (Å²) in [5.74, 6) is -0.682. The number of rotatable bonds is 6. The van der Waals surface area contributed by atoms with Crippen LogP contribution in [-0.2, 0) is 4.79 Å². The lowest BCUT2D eigenvalue weighted by molar-refractivity contribution is -0.115. The highest BCUT2D eigenvalue weighted by atomic mass is 16.2. The smallest absolute Gasteiger partial charge is 0.323 e. The van der Waals surface area contributed by atoms with Crippen LogP contribution in [0.4, 0.5) is 21.9 Å². The van der Waals surface area contributed by atoms with E-state index in [0.29, 0.717) is 16.9 Å². The lowest BCUT2D eigenvalue weighted by Crippen LogP contribution is -2.33. The molecule has 7 heteroatoms. The molecule has 0 saturated carbocycles. The molecular weight excluding hydrogens is 392 g/mol. The van der Waals surface area contributed by atoms with Gasteiger partial charge in [-0.05, 0) is 61.4 Å². The summed E-state index contributed by atoms with van der Waals surface area (Å²) < 4.78 is 0. The highest BCUT2D eigenvalue weighted by Crippen LogP contribution is 2.19. The van der Waals surface area contributed by atoms with E-state index in [-0.39, 0.29) is 24.4 Å². The van der Waals surface area contributed by atoms with Crippen LogP contribution in [0.3, 0.4) is 0 Å². The van der Waals surface area contributed by atoms with E-state index >= 15 is 0 Å². The Bertz CT molecular complexity index is 1060. The summed E-state index contributed by atoms with van der Waals surface area (Å²) in [4.78, 5) is 36.5. The van der Waals surface area contributed by atoms with E-state index in [0.717, 1.165) is 16.8 Å². The van der Waals surface area contributed by atoms with Gasteiger partial charge in [-0.25, -0.2) is 4.79 Å². The average molecular weight is 416 g/mol. The van der Waals surface area contributed by atoms with E-state index in [9.17, 15) is 14.4 Å². The van der Waals surface area contributed by atoms with Crippen molar-refractivity contribution in [2.24, 2.45) is 0 Å². The van der Waals surface area contributed by atoms with Crippen LogP contribution < -0.4 is 21.3 Å². The van der Waals surface area contributed by atoms with E-state index in [1.807, 2.05) is 50.2 Å². The van der Waals surface area contributed by atoms with Gasteiger partial charge in [0, 0.05) is 22.6 Å². The summed E-state index contributed by atoms with van der Waals surface area (Å²) in [6.45, 7) is 3.68. The minimum Gasteiger partial charge on any atom is -0.343 e. The molecule has 0 atom stereocenters. The van der Waals surface area contributed by atoms with Gasteiger partial charge in [-0.3, -0.25) is 9.59 Å². The largest absolute Gasteiger partial charge is 0.343 e. The first-order valence-corrected chi connectivity index (χ1v) is 9.80. The molecule has 0 saturated heterocycles. The lowest BCUT2D eigenvalue weighted by atomic mass is 10.1. The number of hydrogen-bond donors (Lipinski definition) is 4. The van der Waals surface area contributed by atoms with Gasteiger partial charge in [0.25, 0.3) is 5.91 Å². The number of carbonyl (C=O) groups is 3. The Labute approximate surface area is 180 Å². The van der Waals surface area contributed by atoms with E-state index in [2.05, 4.69) is 21.3 Å². The molecule has 0 aliphatic rings. The van der Waals surface area contributed by atoms with E-state index in [4.69, 9.17) is 0 Å². The van der Waals surface area contributed by atoms with Gasteiger partial charge < -0.3 is 21.3 Å². The number of hydrogen-bond acceptors (Lipinski definition) is 3. The Balaban J connectivity index is 1.49. The Morgan fingerprint density at radius 1 is 0.677 bits per heavy atom. The number of anilines is 3. The lowest BCUT2D eigenvalue weighted by Gasteiger charge is -2.12. The topological polar surface area (TPSA) is 99.3 Å². The van der Waals surface area contributed by atoms with Crippen molar-refractivity contribution in [3.05, 3.63) is 89.5 Å². The summed E-state index contributed by atoms with van der Waals surface area (Å²) in [7, 11) is 0. The number of aryl methyl sites for hydroxylation is 2. The fraction of sp³-hybridized carbons (Fsp3) is 0.125. The molecule has 4 amide bonds. The van der Waals surface area contributed by atoms with Gasteiger partial charge in [0.1, 0.15) is 0 Å². The first kappa shape index (κ1) is 21.6. The first-order chi connectivity index (χ1) is 14.9. The maximum absolute atomic E-state index is 12.3. The number of para-hydroxylation sites is 2. The summed E-state index contributed by atoms with van der Waals surface area (Å²) in [5, 5.41) is 10.8. The van der Waals surface area contributed by atoms with Crippen LogP contribution in [0.1, 0.15) is 21.5 Å². The number of urea groups is 1. The third-order valence-corrected chi connectivity index (χ3v) is 4.59. The van der Waals surface area contributed by atoms with E-state index in [1.54, 1.807) is 36.4 Å². The van der Waals surface area contributed by atoms with Crippen molar-refractivity contribution in [2.45, 2.75) is 13.8 Å². The Kier molecular flexibility index (Phi) is 7.01. The van der Waals surface area contributed by atoms with Crippen molar-refractivity contribution in [1.82, 2.24) is 5.32 Å². The van der Waals surface area contributed by atoms with Crippen LogP contribution in [0.25, 0.3) is 0 Å². The van der Waals surface area contributed by atoms with Crippen LogP contribution in [0.2, 0.25) is 0 Å². The van der Waals surface area contributed by atoms with Crippen LogP contribution in [-0.4, -0.2) is 24.4 Å². The Hall–Kier alpha value is -4.13. The number of nitrogens with one attached hydrogen (secondary N) is 4. The van der Waals surface area contributed by atoms with Crippen molar-refractivity contribution in [2.75, 3.05) is 22.5 Å². The molecule has 3 aromatic carbocycles. The maximum atomic E-state index is 12.3. The third-order valence-electron chi connectivity index (χ3n) is 4.59. The van der Waals surface area contributed by atoms with Crippen LogP contribution >= 0.6 is 0 Å². The predicted octanol–water partition coefficient (Wildman–Crippen LogP) is 4.32. The fourth-order valence-corrected chi connectivity index (χ4v) is 2.98. The molecule has 0 aliphatic heterocycles. The molecule has 4 N–H and O–H groups in total. The van der Waals surface area contributed by atoms with E-state index in [1.165, 1.54) is 0 Å². The van der Waals surface area contributed by atoms with Gasteiger partial charge in [0.2, 0.25) is 5.91 Å². The molecule has 3 rings (SSSR count). The standard InChI is InChI=1S/C24H24N4O3/c1-16-7-6-8-17(2)22(16)28-21(29)15-25-23(30)18-11-13-20(14-12-18)27-24(31)26-19-9-4-3-5-10-19/h3-14H,15H2,1-2H3,(H,25,30)(H,28,29)(H2,26,27,31). The first-order valence-electron chi connectivity index (χ1n) is 9.80. The maximum Gasteiger partial charge on any atom is 0.323 e. The van der Waals surface area contributed by atoms with Crippen molar-refractivity contribution in [3.8, 4) is 0 Å². The molecule has 0 aromatic heterocycles. The summed E-state index contributed by atoms with van der Waals surface area (Å²) >= 11 is 0. The van der Waals surface area contributed by atoms with Crippen molar-refractivity contribution >= 4 is 34.9 Å². The normalized spacial score (nSPS) is 10.1. The van der Waals surface area contributed by atoms with Gasteiger partial charge in [-0.1, -0.05) is 36.4 Å². The van der Waals surface area contributed by atoms with Crippen LogP contribution in [0.15, 0.2) is 72.8 Å². The molecule has 7 nitrogen and oxygen atoms in total. The molecular formula is C24H24N4O3. The average Bonchev–Trinajstić information content (AvgIpc) is 2.76. The second kappa shape index (κ2) is 10.1. The molecule has 0 fully saturated rings. The molecule has 158 valence electrons. The minimum absolute atomic E-state index is 0.147. The summed E-state index contributed by atoms with van der Waals surface area (Å²) in [5.41, 5.74) is 4.27. The zero-order valence-electron chi connectivity index (χ0n) is 17.4. The molecule has 0 heterocycles. The second-order valence-corrected chi connectivity index (χ2v) is 7.02. The highest BCUT2D eigenvalue weighted by molar-refractivity contribution is 6.01. The third kappa shape index (κ3) is 6.17. The van der Waals surface area contributed by atoms with Crippen molar-refractivity contribution < 1.29 is 14.4 Å². The Morgan fingerprint density at radius 2 is 1.26 bits per heavy atom. The minimum atomic E-state index is -0.383. The molecule has 0 radical (unpaired) electrons. The number of amides is 4. The molecule has 0 bridgehead atoms. The molecule has 0 aliphatic carbocycles. The molecule has 31 heavy (non-hydrogen) atoms. The number of carbonyl (C=O) groups excluding carboxylic acids is 3. The van der Waals surface area contributed by atoms with Gasteiger partial charge in [0.05, 0.1) is 6.54 Å². The fourth-order valence-electron chi connectivity index (χ4n) is 2.98. The monoisotopic (exact) mass is 416 g/mol. The van der Waals surface area contributed by atoms with Gasteiger partial charge in [-0.2, -0.15) is 0 Å². The SMILES string of the molecule is Cc1cccc(C)c1NC(=O)CNC(=O)c1ccc(NC(=O)Nc2ccccc2)cc1. The summed E-state index contributed by atoms with van der Waals surface area (Å²) in [6, 6.07) is 20.8. The molecule has 0 unspecified atom stereocenters. The quantitative estimate of drug-likeness (QED) is 0.482. The van der Waals surface area contributed by atoms with Crippen LogP contribution in [0.5, 0.6) is 0 Å². The van der Waals surface area contributed by atoms with Crippen molar-refractivity contribution in [1.29, 1.82) is 0 Å². The molecule has 0 spiro atoms. The zero-order chi connectivity index (χ0) is 22.2. The molecule has 3 aromatic rings. The van der Waals surface area contributed by atoms with Crippen molar-refractivity contribution in [3.63, 3.8) is 0 Å². The Morgan fingerprint density at radius 3 is 1.87 bits per heavy atom. The zero-order valence-corrected chi connectivity index (χ0v) is 17.4. The van der Waals surface area contributed by atoms with E-state index < -0.39 is 0 Å². The van der Waals surface area contributed by atoms with Gasteiger partial charge in [0.15, 0.2) is 0 Å². The second-order valence-electron chi connectivity index (χ2n) is 7.02. The predicted molar refractivity (Wildman–Crippen MR) is 122 cm³/mol.